The molecule has 0 N–H and O–H groups in total. The number of halogens is 1. The van der Waals surface area contributed by atoms with Gasteiger partial charge in [-0.1, -0.05) is 91.0 Å². The molecule has 0 fully saturated rings. The zero-order valence-corrected chi connectivity index (χ0v) is 16.3. The van der Waals surface area contributed by atoms with E-state index in [0.717, 1.165) is 44.0 Å². The van der Waals surface area contributed by atoms with Gasteiger partial charge < -0.3 is 0 Å². The molecule has 0 amide bonds. The van der Waals surface area contributed by atoms with Gasteiger partial charge >= 0.3 is 0 Å². The highest BCUT2D eigenvalue weighted by Gasteiger charge is 2.30. The van der Waals surface area contributed by atoms with Crippen molar-refractivity contribution < 1.29 is 4.79 Å². The van der Waals surface area contributed by atoms with E-state index in [0.29, 0.717) is 5.57 Å². The number of rotatable bonds is 3. The van der Waals surface area contributed by atoms with Crippen LogP contribution >= 0.6 is 11.6 Å². The third-order valence-corrected chi connectivity index (χ3v) is 5.27. The Morgan fingerprint density at radius 1 is 0.821 bits per heavy atom. The van der Waals surface area contributed by atoms with Gasteiger partial charge in [0.05, 0.1) is 0 Å². The first-order valence-corrected chi connectivity index (χ1v) is 9.54. The highest BCUT2D eigenvalue weighted by atomic mass is 35.5. The highest BCUT2D eigenvalue weighted by Crippen LogP contribution is 2.41. The van der Waals surface area contributed by atoms with Gasteiger partial charge in [0.25, 0.3) is 0 Å². The Morgan fingerprint density at radius 2 is 1.39 bits per heavy atom. The first-order valence-electron chi connectivity index (χ1n) is 9.17. The normalized spacial score (nSPS) is 14.9. The molecule has 0 radical (unpaired) electrons. The zero-order valence-electron chi connectivity index (χ0n) is 15.6. The van der Waals surface area contributed by atoms with E-state index < -0.39 is 0 Å². The molecule has 0 saturated heterocycles. The van der Waals surface area contributed by atoms with Crippen molar-refractivity contribution in [2.24, 2.45) is 0 Å². The molecule has 0 atom stereocenters. The van der Waals surface area contributed by atoms with Gasteiger partial charge in [-0.2, -0.15) is 0 Å². The Labute approximate surface area is 170 Å². The Balaban J connectivity index is 1.76. The lowest BCUT2D eigenvalue weighted by atomic mass is 9.94. The maximum Gasteiger partial charge on any atom is 0.194 e. The molecule has 4 rings (SSSR count). The molecule has 1 aliphatic rings. The van der Waals surface area contributed by atoms with Crippen LogP contribution in [0.5, 0.6) is 0 Å². The van der Waals surface area contributed by atoms with E-state index >= 15 is 0 Å². The van der Waals surface area contributed by atoms with Crippen LogP contribution in [-0.2, 0) is 0 Å². The third kappa shape index (κ3) is 3.15. The van der Waals surface area contributed by atoms with E-state index in [-0.39, 0.29) is 5.78 Å². The third-order valence-electron chi connectivity index (χ3n) is 5.02. The molecule has 0 aromatic heterocycles. The van der Waals surface area contributed by atoms with Crippen LogP contribution in [0, 0.1) is 0 Å². The number of carbonyl (C=O) groups excluding carboxylic acids is 1. The summed E-state index contributed by atoms with van der Waals surface area (Å²) >= 11 is 5.98. The van der Waals surface area contributed by atoms with Gasteiger partial charge in [-0.3, -0.25) is 4.79 Å². The summed E-state index contributed by atoms with van der Waals surface area (Å²) in [6.45, 7) is 6.07. The predicted octanol–water partition coefficient (Wildman–Crippen LogP) is 7.39. The monoisotopic (exact) mass is 382 g/mol. The van der Waals surface area contributed by atoms with Crippen LogP contribution in [0.4, 0.5) is 0 Å². The zero-order chi connectivity index (χ0) is 19.7. The molecule has 136 valence electrons. The minimum absolute atomic E-state index is 0.0375. The minimum Gasteiger partial charge on any atom is -0.289 e. The van der Waals surface area contributed by atoms with Crippen molar-refractivity contribution in [1.29, 1.82) is 0 Å². The summed E-state index contributed by atoms with van der Waals surface area (Å²) in [7, 11) is 0. The first kappa shape index (κ1) is 18.2. The van der Waals surface area contributed by atoms with E-state index in [9.17, 15) is 4.79 Å². The fourth-order valence-corrected chi connectivity index (χ4v) is 3.69. The van der Waals surface area contributed by atoms with Crippen molar-refractivity contribution in [3.05, 3.63) is 113 Å². The summed E-state index contributed by atoms with van der Waals surface area (Å²) in [5, 5.41) is 0.723. The lowest BCUT2D eigenvalue weighted by Crippen LogP contribution is -1.98. The number of benzene rings is 3. The predicted molar refractivity (Wildman–Crippen MR) is 119 cm³/mol. The Hall–Kier alpha value is -3.16. The molecule has 1 aliphatic carbocycles. The molecular formula is C26H19ClO. The van der Waals surface area contributed by atoms with Gasteiger partial charge in [0, 0.05) is 16.2 Å². The van der Waals surface area contributed by atoms with Crippen LogP contribution in [-0.4, -0.2) is 5.78 Å². The van der Waals surface area contributed by atoms with Gasteiger partial charge in [0.1, 0.15) is 0 Å². The summed E-state index contributed by atoms with van der Waals surface area (Å²) in [6.07, 6.45) is 5.63. The van der Waals surface area contributed by atoms with Crippen LogP contribution in [0.2, 0.25) is 5.02 Å². The molecule has 28 heavy (non-hydrogen) atoms. The second-order valence-electron chi connectivity index (χ2n) is 6.73. The first-order chi connectivity index (χ1) is 13.6. The van der Waals surface area contributed by atoms with Crippen LogP contribution in [0.25, 0.3) is 27.8 Å². The molecule has 0 saturated carbocycles. The second-order valence-corrected chi connectivity index (χ2v) is 7.16. The lowest BCUT2D eigenvalue weighted by molar-refractivity contribution is 0.104. The fraction of sp³-hybridized carbons (Fsp3) is 0.0385. The van der Waals surface area contributed by atoms with Crippen molar-refractivity contribution in [2.75, 3.05) is 0 Å². The van der Waals surface area contributed by atoms with E-state index in [1.54, 1.807) is 0 Å². The van der Waals surface area contributed by atoms with Gasteiger partial charge in [0.2, 0.25) is 0 Å². The van der Waals surface area contributed by atoms with Crippen molar-refractivity contribution >= 4 is 23.0 Å². The Morgan fingerprint density at radius 3 is 2.04 bits per heavy atom. The summed E-state index contributed by atoms with van der Waals surface area (Å²) < 4.78 is 0. The minimum atomic E-state index is 0.0375. The fourth-order valence-electron chi connectivity index (χ4n) is 3.56. The van der Waals surface area contributed by atoms with Crippen LogP contribution in [0.3, 0.4) is 0 Å². The topological polar surface area (TPSA) is 17.1 Å². The summed E-state index contributed by atoms with van der Waals surface area (Å²) in [6, 6.07) is 22.0. The van der Waals surface area contributed by atoms with Crippen LogP contribution < -0.4 is 0 Å². The van der Waals surface area contributed by atoms with Gasteiger partial charge in [-0.25, -0.2) is 0 Å². The standard InChI is InChI=1S/C26H19ClO/c1-3-4-6-23-17(2)22-7-5-8-24(25(22)26(23)28)20-11-9-18(10-12-20)19-13-15-21(27)16-14-19/h3-16H,2H2,1H3/b4-3-,23-6+. The second kappa shape index (κ2) is 7.46. The SMILES string of the molecule is C=C1/C(=C\C=C/C)C(=O)c2c1cccc2-c1ccc(-c2ccc(Cl)cc2)cc1. The average Bonchev–Trinajstić information content (AvgIpc) is 2.97. The molecule has 0 heterocycles. The van der Waals surface area contributed by atoms with Crippen molar-refractivity contribution in [3.8, 4) is 22.3 Å². The molecule has 2 heteroatoms. The van der Waals surface area contributed by atoms with Crippen LogP contribution in [0.1, 0.15) is 22.8 Å². The number of fused-ring (bicyclic) bond motifs is 1. The van der Waals surface area contributed by atoms with Crippen molar-refractivity contribution in [2.45, 2.75) is 6.92 Å². The summed E-state index contributed by atoms with van der Waals surface area (Å²) in [5.74, 6) is 0.0375. The van der Waals surface area contributed by atoms with Gasteiger partial charge in [-0.15, -0.1) is 0 Å². The Kier molecular flexibility index (Phi) is 4.85. The molecule has 1 nitrogen and oxygen atoms in total. The molecular weight excluding hydrogens is 364 g/mol. The van der Waals surface area contributed by atoms with E-state index in [2.05, 4.69) is 30.8 Å². The number of ketones is 1. The lowest BCUT2D eigenvalue weighted by Gasteiger charge is -2.09. The smallest absolute Gasteiger partial charge is 0.194 e. The molecule has 0 aliphatic heterocycles. The molecule has 0 unspecified atom stereocenters. The molecule has 0 spiro atoms. The van der Waals surface area contributed by atoms with Crippen molar-refractivity contribution in [1.82, 2.24) is 0 Å². The van der Waals surface area contributed by atoms with E-state index in [4.69, 9.17) is 11.6 Å². The van der Waals surface area contributed by atoms with E-state index in [1.807, 2.05) is 67.6 Å². The largest absolute Gasteiger partial charge is 0.289 e. The van der Waals surface area contributed by atoms with Crippen LogP contribution in [0.15, 0.2) is 97.1 Å². The molecule has 0 bridgehead atoms. The number of allylic oxidation sites excluding steroid dienone is 5. The number of hydrogen-bond acceptors (Lipinski definition) is 1. The molecule has 3 aromatic rings. The summed E-state index contributed by atoms with van der Waals surface area (Å²) in [5.41, 5.74) is 7.28. The molecule has 3 aromatic carbocycles. The Bertz CT molecular complexity index is 1130. The van der Waals surface area contributed by atoms with Gasteiger partial charge in [0.15, 0.2) is 5.78 Å². The average molecular weight is 383 g/mol. The van der Waals surface area contributed by atoms with Gasteiger partial charge in [-0.05, 0) is 52.4 Å². The maximum atomic E-state index is 13.1. The quantitative estimate of drug-likeness (QED) is 0.431. The number of hydrogen-bond donors (Lipinski definition) is 0. The summed E-state index contributed by atoms with van der Waals surface area (Å²) in [4.78, 5) is 13.1. The maximum absolute atomic E-state index is 13.1. The number of Topliss-reactive ketones (excluding diaryl/α,β-unsaturated/α-hetero) is 1. The van der Waals surface area contributed by atoms with E-state index in [1.165, 1.54) is 0 Å². The van der Waals surface area contributed by atoms with Crippen molar-refractivity contribution in [3.63, 3.8) is 0 Å². The highest BCUT2D eigenvalue weighted by molar-refractivity contribution is 6.30. The number of carbonyl (C=O) groups is 1.